The minimum absolute atomic E-state index is 0.225. The molecule has 0 spiro atoms. The molecule has 1 unspecified atom stereocenters. The summed E-state index contributed by atoms with van der Waals surface area (Å²) in [7, 11) is 3.41. The van der Waals surface area contributed by atoms with Gasteiger partial charge in [-0.05, 0) is 48.9 Å². The van der Waals surface area contributed by atoms with E-state index in [1.54, 1.807) is 18.7 Å². The second-order valence-electron chi connectivity index (χ2n) is 7.60. The van der Waals surface area contributed by atoms with Crippen molar-refractivity contribution < 1.29 is 4.74 Å². The van der Waals surface area contributed by atoms with Crippen LogP contribution in [0.2, 0.25) is 0 Å². The van der Waals surface area contributed by atoms with Crippen molar-refractivity contribution in [3.8, 4) is 11.8 Å². The van der Waals surface area contributed by atoms with Crippen molar-refractivity contribution in [2.24, 2.45) is 7.05 Å². The lowest BCUT2D eigenvalue weighted by molar-refractivity contribution is 0.414. The first-order chi connectivity index (χ1) is 14.1. The predicted octanol–water partition coefficient (Wildman–Crippen LogP) is 4.19. The lowest BCUT2D eigenvalue weighted by atomic mass is 9.92. The average Bonchev–Trinajstić information content (AvgIpc) is 3.02. The lowest BCUT2D eigenvalue weighted by Gasteiger charge is -2.26. The maximum absolute atomic E-state index is 12.8. The monoisotopic (exact) mass is 387 g/mol. The minimum Gasteiger partial charge on any atom is -0.497 e. The number of benzene rings is 2. The number of para-hydroxylation sites is 1. The van der Waals surface area contributed by atoms with Crippen molar-refractivity contribution in [3.63, 3.8) is 0 Å². The molecule has 1 saturated heterocycles. The molecule has 2 heterocycles. The molecular formula is C24H25N3O2. The number of aryl methyl sites for hydroxylation is 1. The SMILES string of the molecule is COc1ccc(C2CCCN(c3c(C#N)c(=O)n(C)c4ccccc34)CC2)cc1. The van der Waals surface area contributed by atoms with Crippen LogP contribution in [-0.2, 0) is 7.05 Å². The third-order valence-corrected chi connectivity index (χ3v) is 6.02. The van der Waals surface area contributed by atoms with E-state index in [2.05, 4.69) is 23.1 Å². The van der Waals surface area contributed by atoms with Crippen LogP contribution in [0.1, 0.15) is 36.3 Å². The number of fused-ring (bicyclic) bond motifs is 1. The maximum atomic E-state index is 12.8. The summed E-state index contributed by atoms with van der Waals surface area (Å²) < 4.78 is 6.85. The number of rotatable bonds is 3. The summed E-state index contributed by atoms with van der Waals surface area (Å²) in [5.74, 6) is 1.34. The zero-order valence-electron chi connectivity index (χ0n) is 16.9. The Bertz CT molecular complexity index is 1130. The molecule has 148 valence electrons. The van der Waals surface area contributed by atoms with Gasteiger partial charge in [0.1, 0.15) is 17.4 Å². The molecule has 1 atom stereocenters. The number of aromatic nitrogens is 1. The molecule has 5 heteroatoms. The quantitative estimate of drug-likeness (QED) is 0.676. The number of anilines is 1. The van der Waals surface area contributed by atoms with E-state index in [1.165, 1.54) is 5.56 Å². The van der Waals surface area contributed by atoms with Gasteiger partial charge in [0.25, 0.3) is 5.56 Å². The number of hydrogen-bond donors (Lipinski definition) is 0. The highest BCUT2D eigenvalue weighted by atomic mass is 16.5. The molecule has 0 amide bonds. The Morgan fingerprint density at radius 1 is 1.07 bits per heavy atom. The summed E-state index contributed by atoms with van der Waals surface area (Å²) in [4.78, 5) is 15.1. The van der Waals surface area contributed by atoms with Gasteiger partial charge in [-0.15, -0.1) is 0 Å². The topological polar surface area (TPSA) is 58.3 Å². The van der Waals surface area contributed by atoms with Gasteiger partial charge in [0, 0.05) is 25.5 Å². The molecular weight excluding hydrogens is 362 g/mol. The van der Waals surface area contributed by atoms with Gasteiger partial charge in [0.15, 0.2) is 0 Å². The van der Waals surface area contributed by atoms with Crippen LogP contribution in [-0.4, -0.2) is 24.8 Å². The fourth-order valence-corrected chi connectivity index (χ4v) is 4.44. The molecule has 2 aromatic carbocycles. The van der Waals surface area contributed by atoms with Crippen LogP contribution >= 0.6 is 0 Å². The Labute approximate surface area is 170 Å². The largest absolute Gasteiger partial charge is 0.497 e. The Morgan fingerprint density at radius 3 is 2.55 bits per heavy atom. The number of ether oxygens (including phenoxy) is 1. The summed E-state index contributed by atoms with van der Waals surface area (Å²) in [5, 5.41) is 10.7. The zero-order chi connectivity index (χ0) is 20.4. The maximum Gasteiger partial charge on any atom is 0.270 e. The van der Waals surface area contributed by atoms with Crippen LogP contribution in [0.5, 0.6) is 5.75 Å². The van der Waals surface area contributed by atoms with Gasteiger partial charge < -0.3 is 14.2 Å². The van der Waals surface area contributed by atoms with Crippen LogP contribution in [0.25, 0.3) is 10.9 Å². The Kier molecular flexibility index (Phi) is 5.26. The predicted molar refractivity (Wildman–Crippen MR) is 116 cm³/mol. The first kappa shape index (κ1) is 19.1. The molecule has 5 nitrogen and oxygen atoms in total. The number of pyridine rings is 1. The van der Waals surface area contributed by atoms with Crippen LogP contribution in [0.3, 0.4) is 0 Å². The summed E-state index contributed by atoms with van der Waals surface area (Å²) in [6.45, 7) is 1.67. The van der Waals surface area contributed by atoms with Crippen molar-refractivity contribution in [2.75, 3.05) is 25.1 Å². The van der Waals surface area contributed by atoms with E-state index in [4.69, 9.17) is 4.74 Å². The molecule has 0 saturated carbocycles. The van der Waals surface area contributed by atoms with E-state index in [-0.39, 0.29) is 11.1 Å². The summed E-state index contributed by atoms with van der Waals surface area (Å²) in [6, 6.07) is 18.4. The van der Waals surface area contributed by atoms with E-state index in [9.17, 15) is 10.1 Å². The highest BCUT2D eigenvalue weighted by Gasteiger charge is 2.24. The summed E-state index contributed by atoms with van der Waals surface area (Å²) >= 11 is 0. The molecule has 0 bridgehead atoms. The number of hydrogen-bond acceptors (Lipinski definition) is 4. The minimum atomic E-state index is -0.225. The Hall–Kier alpha value is -3.26. The second-order valence-corrected chi connectivity index (χ2v) is 7.60. The Balaban J connectivity index is 1.69. The van der Waals surface area contributed by atoms with Crippen molar-refractivity contribution in [1.29, 1.82) is 5.26 Å². The van der Waals surface area contributed by atoms with E-state index >= 15 is 0 Å². The molecule has 1 aliphatic rings. The number of methoxy groups -OCH3 is 1. The van der Waals surface area contributed by atoms with Gasteiger partial charge in [0.2, 0.25) is 0 Å². The van der Waals surface area contributed by atoms with Crippen molar-refractivity contribution in [2.45, 2.75) is 25.2 Å². The first-order valence-electron chi connectivity index (χ1n) is 10.0. The molecule has 0 radical (unpaired) electrons. The first-order valence-corrected chi connectivity index (χ1v) is 10.0. The summed E-state index contributed by atoms with van der Waals surface area (Å²) in [6.07, 6.45) is 3.10. The number of nitriles is 1. The third-order valence-electron chi connectivity index (χ3n) is 6.02. The molecule has 4 rings (SSSR count). The lowest BCUT2D eigenvalue weighted by Crippen LogP contribution is -2.30. The van der Waals surface area contributed by atoms with Gasteiger partial charge >= 0.3 is 0 Å². The van der Waals surface area contributed by atoms with E-state index < -0.39 is 0 Å². The number of nitrogens with zero attached hydrogens (tertiary/aromatic N) is 3. The van der Waals surface area contributed by atoms with Crippen molar-refractivity contribution in [1.82, 2.24) is 4.57 Å². The van der Waals surface area contributed by atoms with Gasteiger partial charge in [-0.3, -0.25) is 4.79 Å². The van der Waals surface area contributed by atoms with Crippen LogP contribution < -0.4 is 15.2 Å². The van der Waals surface area contributed by atoms with Gasteiger partial charge in [-0.25, -0.2) is 0 Å². The third kappa shape index (κ3) is 3.47. The fraction of sp³-hybridized carbons (Fsp3) is 0.333. The van der Waals surface area contributed by atoms with Crippen molar-refractivity contribution in [3.05, 3.63) is 70.0 Å². The van der Waals surface area contributed by atoms with E-state index in [1.807, 2.05) is 36.4 Å². The van der Waals surface area contributed by atoms with Crippen LogP contribution in [0.4, 0.5) is 5.69 Å². The van der Waals surface area contributed by atoms with Gasteiger partial charge in [-0.1, -0.05) is 30.3 Å². The highest BCUT2D eigenvalue weighted by molar-refractivity contribution is 5.94. The van der Waals surface area contributed by atoms with Gasteiger partial charge in [0.05, 0.1) is 18.3 Å². The molecule has 1 fully saturated rings. The smallest absolute Gasteiger partial charge is 0.270 e. The van der Waals surface area contributed by atoms with E-state index in [0.717, 1.165) is 54.7 Å². The normalized spacial score (nSPS) is 17.0. The van der Waals surface area contributed by atoms with E-state index in [0.29, 0.717) is 5.92 Å². The van der Waals surface area contributed by atoms with Crippen LogP contribution in [0, 0.1) is 11.3 Å². The fourth-order valence-electron chi connectivity index (χ4n) is 4.44. The standard InChI is InChI=1S/C24H25N3O2/c1-26-22-8-4-3-7-20(22)23(21(16-25)24(26)28)27-14-5-6-17(13-15-27)18-9-11-19(29-2)12-10-18/h3-4,7-12,17H,5-6,13-15H2,1-2H3. The van der Waals surface area contributed by atoms with Gasteiger partial charge in [-0.2, -0.15) is 5.26 Å². The molecule has 0 aliphatic carbocycles. The van der Waals surface area contributed by atoms with Crippen LogP contribution in [0.15, 0.2) is 53.3 Å². The van der Waals surface area contributed by atoms with Crippen molar-refractivity contribution >= 4 is 16.6 Å². The molecule has 3 aromatic rings. The molecule has 1 aliphatic heterocycles. The molecule has 29 heavy (non-hydrogen) atoms. The zero-order valence-corrected chi connectivity index (χ0v) is 16.9. The Morgan fingerprint density at radius 2 is 1.83 bits per heavy atom. The second kappa shape index (κ2) is 8.00. The highest BCUT2D eigenvalue weighted by Crippen LogP contribution is 2.34. The summed E-state index contributed by atoms with van der Waals surface area (Å²) in [5.41, 5.74) is 3.00. The average molecular weight is 387 g/mol. The molecule has 1 aromatic heterocycles. The molecule has 0 N–H and O–H groups in total.